The lowest BCUT2D eigenvalue weighted by molar-refractivity contribution is 0.0994. The Balaban J connectivity index is 2.53. The number of carbonyl (C=O) groups excluding carboxylic acids is 1. The van der Waals surface area contributed by atoms with Crippen LogP contribution in [-0.4, -0.2) is 33.9 Å². The molecule has 1 amide bonds. The third-order valence-electron chi connectivity index (χ3n) is 1.91. The van der Waals surface area contributed by atoms with Crippen molar-refractivity contribution in [3.05, 3.63) is 17.8 Å². The number of nitrogens with two attached hydrogens (primary N) is 1. The first kappa shape index (κ1) is 11.4. The summed E-state index contributed by atoms with van der Waals surface area (Å²) < 4.78 is 0. The number of anilines is 1. The van der Waals surface area contributed by atoms with Crippen LogP contribution < -0.4 is 11.1 Å². The molecule has 1 aromatic heterocycles. The minimum atomic E-state index is -0.609. The van der Waals surface area contributed by atoms with Crippen molar-refractivity contribution in [2.45, 2.75) is 19.4 Å². The van der Waals surface area contributed by atoms with E-state index in [1.165, 1.54) is 6.07 Å². The number of aliphatic hydroxyl groups excluding tert-OH is 1. The zero-order chi connectivity index (χ0) is 11.3. The van der Waals surface area contributed by atoms with Crippen LogP contribution >= 0.6 is 0 Å². The predicted molar refractivity (Wildman–Crippen MR) is 55.3 cm³/mol. The van der Waals surface area contributed by atoms with Gasteiger partial charge in [0.1, 0.15) is 5.82 Å². The molecular weight excluding hydrogens is 196 g/mol. The quantitative estimate of drug-likeness (QED) is 0.622. The molecule has 0 radical (unpaired) electrons. The highest BCUT2D eigenvalue weighted by atomic mass is 16.3. The topological polar surface area (TPSA) is 101 Å². The van der Waals surface area contributed by atoms with E-state index in [0.29, 0.717) is 18.8 Å². The van der Waals surface area contributed by atoms with E-state index in [2.05, 4.69) is 15.5 Å². The van der Waals surface area contributed by atoms with Crippen LogP contribution in [0.3, 0.4) is 0 Å². The summed E-state index contributed by atoms with van der Waals surface area (Å²) in [5, 5.41) is 19.5. The van der Waals surface area contributed by atoms with E-state index in [0.717, 1.165) is 0 Å². The maximum atomic E-state index is 10.7. The highest BCUT2D eigenvalue weighted by molar-refractivity contribution is 5.90. The molecule has 0 aliphatic heterocycles. The molecule has 0 saturated carbocycles. The molecular formula is C9H14N4O2. The fourth-order valence-electron chi connectivity index (χ4n) is 0.925. The van der Waals surface area contributed by atoms with Crippen molar-refractivity contribution in [3.8, 4) is 0 Å². The van der Waals surface area contributed by atoms with E-state index in [4.69, 9.17) is 5.73 Å². The molecule has 6 heteroatoms. The summed E-state index contributed by atoms with van der Waals surface area (Å²) in [4.78, 5) is 10.7. The Morgan fingerprint density at radius 3 is 2.80 bits per heavy atom. The molecule has 1 unspecified atom stereocenters. The number of aromatic nitrogens is 2. The fraction of sp³-hybridized carbons (Fsp3) is 0.444. The lowest BCUT2D eigenvalue weighted by Crippen LogP contribution is -2.19. The summed E-state index contributed by atoms with van der Waals surface area (Å²) >= 11 is 0. The zero-order valence-electron chi connectivity index (χ0n) is 8.47. The maximum absolute atomic E-state index is 10.7. The summed E-state index contributed by atoms with van der Waals surface area (Å²) in [6.07, 6.45) is 0.252. The second-order valence-corrected chi connectivity index (χ2v) is 3.11. The van der Waals surface area contributed by atoms with E-state index >= 15 is 0 Å². The van der Waals surface area contributed by atoms with Gasteiger partial charge in [-0.1, -0.05) is 6.92 Å². The Labute approximate surface area is 87.5 Å². The molecule has 0 spiro atoms. The number of primary amides is 1. The number of nitrogens with one attached hydrogen (secondary N) is 1. The van der Waals surface area contributed by atoms with Gasteiger partial charge in [0.2, 0.25) is 0 Å². The van der Waals surface area contributed by atoms with Gasteiger partial charge in [0.15, 0.2) is 5.69 Å². The Hall–Kier alpha value is -1.69. The van der Waals surface area contributed by atoms with Crippen LogP contribution in [0.5, 0.6) is 0 Å². The molecule has 0 aliphatic carbocycles. The average Bonchev–Trinajstić information content (AvgIpc) is 2.26. The van der Waals surface area contributed by atoms with Gasteiger partial charge in [-0.3, -0.25) is 4.79 Å². The minimum absolute atomic E-state index is 0.122. The highest BCUT2D eigenvalue weighted by Gasteiger charge is 2.04. The Morgan fingerprint density at radius 1 is 1.60 bits per heavy atom. The molecule has 1 atom stereocenters. The van der Waals surface area contributed by atoms with E-state index in [9.17, 15) is 9.90 Å². The van der Waals surface area contributed by atoms with Crippen molar-refractivity contribution in [3.63, 3.8) is 0 Å². The molecule has 1 heterocycles. The molecule has 6 nitrogen and oxygen atoms in total. The second kappa shape index (κ2) is 5.26. The third-order valence-corrected chi connectivity index (χ3v) is 1.91. The SMILES string of the molecule is CCC(O)CNc1ccc(C(N)=O)nn1. The molecule has 4 N–H and O–H groups in total. The van der Waals surface area contributed by atoms with Gasteiger partial charge in [-0.15, -0.1) is 10.2 Å². The smallest absolute Gasteiger partial charge is 0.269 e. The van der Waals surface area contributed by atoms with Crippen molar-refractivity contribution >= 4 is 11.7 Å². The van der Waals surface area contributed by atoms with Crippen LogP contribution in [0.25, 0.3) is 0 Å². The van der Waals surface area contributed by atoms with E-state index in [-0.39, 0.29) is 5.69 Å². The van der Waals surface area contributed by atoms with Crippen molar-refractivity contribution in [2.24, 2.45) is 5.73 Å². The summed E-state index contributed by atoms with van der Waals surface area (Å²) in [7, 11) is 0. The first-order chi connectivity index (χ1) is 7.13. The molecule has 0 aromatic carbocycles. The van der Waals surface area contributed by atoms with Gasteiger partial charge in [-0.25, -0.2) is 0 Å². The number of aliphatic hydroxyl groups is 1. The number of amides is 1. The summed E-state index contributed by atoms with van der Waals surface area (Å²) in [5.74, 6) is -0.102. The Kier molecular flexibility index (Phi) is 3.99. The molecule has 1 rings (SSSR count). The molecule has 82 valence electrons. The highest BCUT2D eigenvalue weighted by Crippen LogP contribution is 2.02. The molecule has 0 aliphatic rings. The van der Waals surface area contributed by atoms with Crippen LogP contribution in [0.15, 0.2) is 12.1 Å². The zero-order valence-corrected chi connectivity index (χ0v) is 8.47. The van der Waals surface area contributed by atoms with E-state index in [1.807, 2.05) is 6.92 Å². The summed E-state index contributed by atoms with van der Waals surface area (Å²) in [6.45, 7) is 2.29. The molecule has 0 fully saturated rings. The van der Waals surface area contributed by atoms with E-state index < -0.39 is 12.0 Å². The fourth-order valence-corrected chi connectivity index (χ4v) is 0.925. The van der Waals surface area contributed by atoms with Crippen LogP contribution in [0, 0.1) is 0 Å². The number of rotatable bonds is 5. The third kappa shape index (κ3) is 3.51. The first-order valence-electron chi connectivity index (χ1n) is 4.69. The summed E-state index contributed by atoms with van der Waals surface area (Å²) in [5.41, 5.74) is 5.13. The van der Waals surface area contributed by atoms with Crippen LogP contribution in [0.4, 0.5) is 5.82 Å². The van der Waals surface area contributed by atoms with Crippen molar-refractivity contribution < 1.29 is 9.90 Å². The Bertz CT molecular complexity index is 325. The van der Waals surface area contributed by atoms with Gasteiger partial charge in [0.25, 0.3) is 5.91 Å². The maximum Gasteiger partial charge on any atom is 0.269 e. The van der Waals surface area contributed by atoms with Gasteiger partial charge in [-0.2, -0.15) is 0 Å². The molecule has 0 saturated heterocycles. The van der Waals surface area contributed by atoms with Gasteiger partial charge in [0, 0.05) is 6.54 Å². The van der Waals surface area contributed by atoms with Crippen molar-refractivity contribution in [2.75, 3.05) is 11.9 Å². The van der Waals surface area contributed by atoms with Crippen LogP contribution in [0.1, 0.15) is 23.8 Å². The monoisotopic (exact) mass is 210 g/mol. The predicted octanol–water partition coefficient (Wildman–Crippen LogP) is -0.242. The average molecular weight is 210 g/mol. The van der Waals surface area contributed by atoms with Crippen molar-refractivity contribution in [1.29, 1.82) is 0 Å². The minimum Gasteiger partial charge on any atom is -0.391 e. The van der Waals surface area contributed by atoms with Gasteiger partial charge in [0.05, 0.1) is 6.10 Å². The van der Waals surface area contributed by atoms with Crippen LogP contribution in [0.2, 0.25) is 0 Å². The normalized spacial score (nSPS) is 12.1. The lowest BCUT2D eigenvalue weighted by atomic mass is 10.3. The molecule has 1 aromatic rings. The van der Waals surface area contributed by atoms with Gasteiger partial charge in [-0.05, 0) is 18.6 Å². The van der Waals surface area contributed by atoms with Crippen molar-refractivity contribution in [1.82, 2.24) is 10.2 Å². The second-order valence-electron chi connectivity index (χ2n) is 3.11. The van der Waals surface area contributed by atoms with E-state index in [1.54, 1.807) is 6.07 Å². The molecule has 15 heavy (non-hydrogen) atoms. The van der Waals surface area contributed by atoms with Gasteiger partial charge >= 0.3 is 0 Å². The number of hydrogen-bond donors (Lipinski definition) is 3. The number of nitrogens with zero attached hydrogens (tertiary/aromatic N) is 2. The van der Waals surface area contributed by atoms with Gasteiger partial charge < -0.3 is 16.2 Å². The van der Waals surface area contributed by atoms with Crippen LogP contribution in [-0.2, 0) is 0 Å². The largest absolute Gasteiger partial charge is 0.391 e. The summed E-state index contributed by atoms with van der Waals surface area (Å²) in [6, 6.07) is 3.07. The standard InChI is InChI=1S/C9H14N4O2/c1-2-6(14)5-11-8-4-3-7(9(10)15)12-13-8/h3-4,6,14H,2,5H2,1H3,(H2,10,15)(H,11,13). The lowest BCUT2D eigenvalue weighted by Gasteiger charge is -2.09. The Morgan fingerprint density at radius 2 is 2.33 bits per heavy atom. The first-order valence-corrected chi connectivity index (χ1v) is 4.69. The number of carbonyl (C=O) groups is 1. The number of hydrogen-bond acceptors (Lipinski definition) is 5. The molecule has 0 bridgehead atoms.